The normalized spacial score (nSPS) is 11.1. The highest BCUT2D eigenvalue weighted by Gasteiger charge is 2.20. The number of benzene rings is 2. The van der Waals surface area contributed by atoms with Gasteiger partial charge in [0.2, 0.25) is 10.3 Å². The zero-order chi connectivity index (χ0) is 21.5. The molecule has 154 valence electrons. The summed E-state index contributed by atoms with van der Waals surface area (Å²) < 4.78 is 15.8. The molecule has 0 aliphatic carbocycles. The van der Waals surface area contributed by atoms with Crippen LogP contribution in [0.25, 0.3) is 5.57 Å². The molecule has 3 rings (SSSR count). The molecule has 3 aromatic rings. The van der Waals surface area contributed by atoms with Gasteiger partial charge in [-0.3, -0.25) is 0 Å². The van der Waals surface area contributed by atoms with Gasteiger partial charge in [0.1, 0.15) is 11.3 Å². The number of methoxy groups -OCH3 is 2. The predicted molar refractivity (Wildman–Crippen MR) is 114 cm³/mol. The highest BCUT2D eigenvalue weighted by molar-refractivity contribution is 7.99. The number of aryl methyl sites for hydroxylation is 1. The molecule has 1 aromatic heterocycles. The first-order valence-electron chi connectivity index (χ1n) is 8.75. The van der Waals surface area contributed by atoms with Crippen LogP contribution in [0.5, 0.6) is 11.6 Å². The number of esters is 1. The molecule has 0 saturated heterocycles. The monoisotopic (exact) mass is 443 g/mol. The van der Waals surface area contributed by atoms with Gasteiger partial charge in [-0.25, -0.2) is 4.79 Å². The fraction of sp³-hybridized carbons (Fsp3) is 0.143. The van der Waals surface area contributed by atoms with Crippen LogP contribution in [0.1, 0.15) is 11.1 Å². The van der Waals surface area contributed by atoms with E-state index in [4.69, 9.17) is 25.8 Å². The molecule has 0 saturated carbocycles. The van der Waals surface area contributed by atoms with Crippen molar-refractivity contribution in [2.45, 2.75) is 17.0 Å². The second kappa shape index (κ2) is 10.1. The summed E-state index contributed by atoms with van der Waals surface area (Å²) in [5, 5.41) is 8.34. The number of aromatic nitrogens is 3. The van der Waals surface area contributed by atoms with Gasteiger partial charge in [0, 0.05) is 10.5 Å². The van der Waals surface area contributed by atoms with Crippen LogP contribution in [0.15, 0.2) is 64.8 Å². The van der Waals surface area contributed by atoms with Gasteiger partial charge in [-0.15, -0.1) is 10.2 Å². The minimum atomic E-state index is -0.574. The van der Waals surface area contributed by atoms with Crippen LogP contribution in [0.3, 0.4) is 0 Å². The van der Waals surface area contributed by atoms with Crippen molar-refractivity contribution in [2.75, 3.05) is 14.2 Å². The van der Waals surface area contributed by atoms with Crippen LogP contribution in [-0.4, -0.2) is 35.4 Å². The number of hydrogen-bond acceptors (Lipinski definition) is 8. The first-order valence-corrected chi connectivity index (χ1v) is 9.95. The van der Waals surface area contributed by atoms with Crippen molar-refractivity contribution in [2.24, 2.45) is 0 Å². The molecule has 9 heteroatoms. The number of hydrogen-bond donors (Lipinski definition) is 0. The molecule has 0 bridgehead atoms. The molecular weight excluding hydrogens is 426 g/mol. The maximum Gasteiger partial charge on any atom is 0.341 e. The van der Waals surface area contributed by atoms with Crippen LogP contribution < -0.4 is 4.74 Å². The highest BCUT2D eigenvalue weighted by atomic mass is 35.5. The van der Waals surface area contributed by atoms with Gasteiger partial charge in [0.05, 0.1) is 20.5 Å². The third-order valence-electron chi connectivity index (χ3n) is 3.92. The molecule has 0 aliphatic heterocycles. The van der Waals surface area contributed by atoms with E-state index in [2.05, 4.69) is 15.2 Å². The summed E-state index contributed by atoms with van der Waals surface area (Å²) in [5.41, 5.74) is 1.72. The number of ether oxygens (including phenoxy) is 3. The smallest absolute Gasteiger partial charge is 0.341 e. The molecule has 0 N–H and O–H groups in total. The SMILES string of the molecule is CO/C=C(/C(=O)OC)c1ccccc1Oc1nc(Sc2ccccc2C)nnc1Cl. The Balaban J connectivity index is 1.95. The summed E-state index contributed by atoms with van der Waals surface area (Å²) >= 11 is 7.51. The Morgan fingerprint density at radius 3 is 2.53 bits per heavy atom. The third-order valence-corrected chi connectivity index (χ3v) is 5.19. The van der Waals surface area contributed by atoms with Crippen molar-refractivity contribution in [1.29, 1.82) is 0 Å². The lowest BCUT2D eigenvalue weighted by atomic mass is 10.1. The number of nitrogens with zero attached hydrogens (tertiary/aromatic N) is 3. The van der Waals surface area contributed by atoms with E-state index in [-0.39, 0.29) is 16.6 Å². The molecule has 0 unspecified atom stereocenters. The largest absolute Gasteiger partial charge is 0.503 e. The van der Waals surface area contributed by atoms with E-state index in [1.54, 1.807) is 24.3 Å². The summed E-state index contributed by atoms with van der Waals surface area (Å²) in [6, 6.07) is 14.7. The van der Waals surface area contributed by atoms with Crippen molar-refractivity contribution in [3.8, 4) is 11.6 Å². The molecule has 0 aliphatic rings. The minimum absolute atomic E-state index is 0.00530. The molecule has 1 heterocycles. The van der Waals surface area contributed by atoms with Crippen LogP contribution in [0.4, 0.5) is 0 Å². The summed E-state index contributed by atoms with van der Waals surface area (Å²) in [5.74, 6) is -0.173. The quantitative estimate of drug-likeness (QED) is 0.288. The van der Waals surface area contributed by atoms with Gasteiger partial charge in [-0.1, -0.05) is 48.0 Å². The van der Waals surface area contributed by atoms with Gasteiger partial charge in [-0.2, -0.15) is 4.98 Å². The Bertz CT molecular complexity index is 1090. The number of halogens is 1. The summed E-state index contributed by atoms with van der Waals surface area (Å²) in [7, 11) is 2.72. The van der Waals surface area contributed by atoms with E-state index in [1.807, 2.05) is 31.2 Å². The molecule has 2 aromatic carbocycles. The third kappa shape index (κ3) is 5.08. The molecule has 0 amide bonds. The number of carbonyl (C=O) groups excluding carboxylic acids is 1. The fourth-order valence-corrected chi connectivity index (χ4v) is 3.40. The second-order valence-corrected chi connectivity index (χ2v) is 7.28. The van der Waals surface area contributed by atoms with Gasteiger partial charge < -0.3 is 14.2 Å². The minimum Gasteiger partial charge on any atom is -0.503 e. The van der Waals surface area contributed by atoms with Gasteiger partial charge >= 0.3 is 5.97 Å². The van der Waals surface area contributed by atoms with Gasteiger partial charge in [-0.05, 0) is 36.4 Å². The fourth-order valence-electron chi connectivity index (χ4n) is 2.49. The van der Waals surface area contributed by atoms with E-state index >= 15 is 0 Å². The average molecular weight is 444 g/mol. The Morgan fingerprint density at radius 2 is 1.80 bits per heavy atom. The zero-order valence-corrected chi connectivity index (χ0v) is 18.0. The Labute approximate surface area is 183 Å². The van der Waals surface area contributed by atoms with Crippen LogP contribution >= 0.6 is 23.4 Å². The topological polar surface area (TPSA) is 83.4 Å². The summed E-state index contributed by atoms with van der Waals surface area (Å²) in [6.45, 7) is 2.00. The van der Waals surface area contributed by atoms with Crippen molar-refractivity contribution in [1.82, 2.24) is 15.2 Å². The maximum absolute atomic E-state index is 12.2. The lowest BCUT2D eigenvalue weighted by molar-refractivity contribution is -0.133. The van der Waals surface area contributed by atoms with E-state index in [9.17, 15) is 4.79 Å². The van der Waals surface area contributed by atoms with Gasteiger partial charge in [0.25, 0.3) is 5.88 Å². The number of rotatable bonds is 7. The first kappa shape index (κ1) is 21.6. The Kier molecular flexibility index (Phi) is 7.26. The van der Waals surface area contributed by atoms with Crippen LogP contribution in [0.2, 0.25) is 5.15 Å². The molecule has 30 heavy (non-hydrogen) atoms. The Hall–Kier alpha value is -3.10. The number of carbonyl (C=O) groups is 1. The molecule has 0 radical (unpaired) electrons. The van der Waals surface area contributed by atoms with Crippen molar-refractivity contribution < 1.29 is 19.0 Å². The van der Waals surface area contributed by atoms with Crippen molar-refractivity contribution in [3.63, 3.8) is 0 Å². The maximum atomic E-state index is 12.2. The van der Waals surface area contributed by atoms with E-state index < -0.39 is 5.97 Å². The summed E-state index contributed by atoms with van der Waals surface area (Å²) in [6.07, 6.45) is 1.29. The van der Waals surface area contributed by atoms with Crippen LogP contribution in [-0.2, 0) is 14.3 Å². The highest BCUT2D eigenvalue weighted by Crippen LogP contribution is 2.34. The lowest BCUT2D eigenvalue weighted by Crippen LogP contribution is -2.06. The standard InChI is InChI=1S/C21H18ClN3O4S/c1-13-8-4-7-11-17(13)30-21-23-19(18(22)24-25-21)29-16-10-6-5-9-14(16)15(12-27-2)20(26)28-3/h4-12H,1-3H3/b15-12+. The molecular formula is C21H18ClN3O4S. The van der Waals surface area contributed by atoms with E-state index in [1.165, 1.54) is 32.2 Å². The molecule has 0 fully saturated rings. The van der Waals surface area contributed by atoms with E-state index in [0.717, 1.165) is 10.5 Å². The van der Waals surface area contributed by atoms with Crippen LogP contribution in [0, 0.1) is 6.92 Å². The first-order chi connectivity index (χ1) is 14.5. The zero-order valence-electron chi connectivity index (χ0n) is 16.5. The molecule has 7 nitrogen and oxygen atoms in total. The average Bonchev–Trinajstić information content (AvgIpc) is 2.76. The van der Waals surface area contributed by atoms with Gasteiger partial charge in [0.15, 0.2) is 0 Å². The predicted octanol–water partition coefficient (Wildman–Crippen LogP) is 4.94. The lowest BCUT2D eigenvalue weighted by Gasteiger charge is -2.13. The molecule has 0 spiro atoms. The van der Waals surface area contributed by atoms with Crippen molar-refractivity contribution in [3.05, 3.63) is 71.1 Å². The van der Waals surface area contributed by atoms with Crippen molar-refractivity contribution >= 4 is 34.9 Å². The molecule has 0 atom stereocenters. The second-order valence-electron chi connectivity index (χ2n) is 5.91. The van der Waals surface area contributed by atoms with E-state index in [0.29, 0.717) is 16.5 Å². The number of para-hydroxylation sites is 1. The Morgan fingerprint density at radius 1 is 1.07 bits per heavy atom. The summed E-state index contributed by atoms with van der Waals surface area (Å²) in [4.78, 5) is 17.5.